The maximum atomic E-state index is 2.34. The van der Waals surface area contributed by atoms with Crippen molar-refractivity contribution in [2.75, 3.05) is 0 Å². The normalized spacial score (nSPS) is 11.9. The second-order valence-corrected chi connectivity index (χ2v) is 36.1. The van der Waals surface area contributed by atoms with Crippen molar-refractivity contribution < 1.29 is 0 Å². The molecule has 12 rings (SSSR count). The first-order chi connectivity index (χ1) is 55.6. The Morgan fingerprint density at radius 3 is 0.578 bits per heavy atom. The van der Waals surface area contributed by atoms with E-state index in [1.54, 1.807) is 0 Å². The fourth-order valence-corrected chi connectivity index (χ4v) is 16.3. The molecule has 0 spiro atoms. The van der Waals surface area contributed by atoms with E-state index in [1.807, 2.05) is 0 Å². The summed E-state index contributed by atoms with van der Waals surface area (Å²) >= 11 is 0. The summed E-state index contributed by atoms with van der Waals surface area (Å²) in [5.41, 5.74) is 43.8. The van der Waals surface area contributed by atoms with Gasteiger partial charge in [-0.2, -0.15) is 0 Å². The lowest BCUT2D eigenvalue weighted by Gasteiger charge is -2.21. The number of hydrogen-bond donors (Lipinski definition) is 0. The van der Waals surface area contributed by atoms with Crippen LogP contribution in [0.2, 0.25) is 0 Å². The van der Waals surface area contributed by atoms with Gasteiger partial charge in [0.25, 0.3) is 0 Å². The molecule has 0 heteroatoms. The molecule has 2 atom stereocenters. The molecule has 0 aliphatic heterocycles. The van der Waals surface area contributed by atoms with Gasteiger partial charge < -0.3 is 0 Å². The molecule has 0 aromatic heterocycles. The van der Waals surface area contributed by atoms with Crippen molar-refractivity contribution in [1.29, 1.82) is 0 Å². The van der Waals surface area contributed by atoms with Gasteiger partial charge in [0, 0.05) is 0 Å². The number of unbranched alkanes of at least 4 members (excludes halogenated alkanes) is 8. The third-order valence-electron chi connectivity index (χ3n) is 24.5. The van der Waals surface area contributed by atoms with Crippen LogP contribution in [0.4, 0.5) is 0 Å². The van der Waals surface area contributed by atoms with Crippen LogP contribution in [0.5, 0.6) is 0 Å². The monoisotopic (exact) mass is 1540 g/mol. The summed E-state index contributed by atoms with van der Waals surface area (Å²) in [6.07, 6.45) is 22.7. The highest BCUT2D eigenvalue weighted by molar-refractivity contribution is 5.83. The van der Waals surface area contributed by atoms with E-state index in [4.69, 9.17) is 0 Å². The average Bonchev–Trinajstić information content (AvgIpc) is 0.821. The Labute approximate surface area is 706 Å². The maximum Gasteiger partial charge on any atom is -0.0132 e. The smallest absolute Gasteiger partial charge is 0.0132 e. The van der Waals surface area contributed by atoms with E-state index in [1.165, 1.54) is 294 Å². The van der Waals surface area contributed by atoms with Gasteiger partial charge in [0.2, 0.25) is 0 Å². The fraction of sp³-hybridized carbons (Fsp3) is 0.379. The van der Waals surface area contributed by atoms with E-state index in [0.717, 1.165) is 0 Å². The molecule has 0 N–H and O–H groups in total. The van der Waals surface area contributed by atoms with Gasteiger partial charge in [0.15, 0.2) is 0 Å². The van der Waals surface area contributed by atoms with Gasteiger partial charge in [0.05, 0.1) is 0 Å². The zero-order valence-corrected chi connectivity index (χ0v) is 76.0. The molecule has 0 bridgehead atoms. The van der Waals surface area contributed by atoms with Crippen molar-refractivity contribution in [3.05, 3.63) is 332 Å². The van der Waals surface area contributed by atoms with Crippen molar-refractivity contribution >= 4 is 0 Å². The summed E-state index contributed by atoms with van der Waals surface area (Å²) in [7, 11) is 0. The predicted molar refractivity (Wildman–Crippen MR) is 515 cm³/mol. The first kappa shape index (κ1) is 90.6. The molecule has 608 valence electrons. The molecule has 0 fully saturated rings. The summed E-state index contributed by atoms with van der Waals surface area (Å²) in [6, 6.07) is 92.1. The van der Waals surface area contributed by atoms with Crippen molar-refractivity contribution in [3.8, 4) is 89.0 Å². The SMILES string of the molecule is CCC(C)c1ccc(-c2cc(C)cc(-c3ccc(C(C)CC)cc3)c2C)cc1.CCCCCCc1ccc(-c2cc(C)cc(-c3ccc(CCCCCC)cc3)c2C)cc1.CCCCc1ccc(-c2cc(C)cc(-c3ccc(CCCC)cc3)c2C)cc1.Cc1cc(-c2ccc(C(C)(C)C)cc2)c(C)c(-c2ccc(C(C)(C)C)cc2)c1. The molecular formula is C116H144. The summed E-state index contributed by atoms with van der Waals surface area (Å²) < 4.78 is 0. The third kappa shape index (κ3) is 25.3. The van der Waals surface area contributed by atoms with Crippen LogP contribution >= 0.6 is 0 Å². The van der Waals surface area contributed by atoms with Crippen LogP contribution in [0.15, 0.2) is 243 Å². The molecule has 0 heterocycles. The Hall–Kier alpha value is -9.36. The molecule has 116 heavy (non-hydrogen) atoms. The quantitative estimate of drug-likeness (QED) is 0.0429. The summed E-state index contributed by atoms with van der Waals surface area (Å²) in [5, 5.41) is 0. The minimum absolute atomic E-state index is 0.181. The molecule has 0 saturated heterocycles. The van der Waals surface area contributed by atoms with Gasteiger partial charge in [0.1, 0.15) is 0 Å². The second kappa shape index (κ2) is 43.7. The van der Waals surface area contributed by atoms with Crippen LogP contribution in [0.1, 0.15) is 288 Å². The van der Waals surface area contributed by atoms with Crippen LogP contribution in [-0.4, -0.2) is 0 Å². The molecule has 0 nitrogen and oxygen atoms in total. The number of aryl methyl sites for hydroxylation is 8. The zero-order valence-electron chi connectivity index (χ0n) is 76.0. The Morgan fingerprint density at radius 1 is 0.216 bits per heavy atom. The molecule has 0 saturated carbocycles. The lowest BCUT2D eigenvalue weighted by molar-refractivity contribution is 0.590. The predicted octanol–water partition coefficient (Wildman–Crippen LogP) is 35.1. The standard InChI is InChI=1S/C32H42.3C28H34/c1-5-7-9-11-13-27-15-19-29(20-16-27)31-23-25(3)24-32(26(31)4)30-21-17-28(18-22-30)14-12-10-8-6-2;1-19-17-25(21-9-13-23(14-10-21)27(3,4)5)20(2)26(18-19)22-11-15-24(16-12-22)28(6,7)8;1-7-20(4)23-9-13-25(14-10-23)27-17-19(3)18-28(22(27)6)26-15-11-24(12-16-26)21(5)8-2;1-5-7-9-23-11-15-25(16-12-23)27-19-21(3)20-28(22(27)4)26-17-13-24(14-18-26)10-8-6-2/h15-24H,5-14H2,1-4H3;9-18H,1-8H3;9-18,20-21H,7-8H2,1-6H3;11-20H,5-10H2,1-4H3. The first-order valence-corrected chi connectivity index (χ1v) is 44.9. The van der Waals surface area contributed by atoms with E-state index in [-0.39, 0.29) is 10.8 Å². The highest BCUT2D eigenvalue weighted by Crippen LogP contribution is 2.41. The molecule has 12 aromatic rings. The van der Waals surface area contributed by atoms with E-state index in [9.17, 15) is 0 Å². The van der Waals surface area contributed by atoms with E-state index in [0.29, 0.717) is 11.8 Å². The zero-order chi connectivity index (χ0) is 83.6. The summed E-state index contributed by atoms with van der Waals surface area (Å²) in [4.78, 5) is 0. The van der Waals surface area contributed by atoms with Gasteiger partial charge in [-0.3, -0.25) is 0 Å². The lowest BCUT2D eigenvalue weighted by atomic mass is 9.84. The molecule has 12 aromatic carbocycles. The molecule has 0 radical (unpaired) electrons. The largest absolute Gasteiger partial charge is 0.0654 e. The van der Waals surface area contributed by atoms with Crippen molar-refractivity contribution in [1.82, 2.24) is 0 Å². The van der Waals surface area contributed by atoms with Crippen LogP contribution in [0, 0.1) is 55.4 Å². The Morgan fingerprint density at radius 2 is 0.397 bits per heavy atom. The summed E-state index contributed by atoms with van der Waals surface area (Å²) in [6.45, 7) is 49.6. The minimum Gasteiger partial charge on any atom is -0.0654 e. The topological polar surface area (TPSA) is 0 Å². The van der Waals surface area contributed by atoms with E-state index >= 15 is 0 Å². The van der Waals surface area contributed by atoms with Crippen LogP contribution in [-0.2, 0) is 36.5 Å². The number of benzene rings is 12. The maximum absolute atomic E-state index is 2.34. The van der Waals surface area contributed by atoms with Crippen LogP contribution in [0.25, 0.3) is 89.0 Å². The van der Waals surface area contributed by atoms with E-state index < -0.39 is 0 Å². The van der Waals surface area contributed by atoms with E-state index in [2.05, 4.69) is 395 Å². The molecular weight excluding hydrogens is 1390 g/mol. The fourth-order valence-electron chi connectivity index (χ4n) is 16.3. The number of hydrogen-bond acceptors (Lipinski definition) is 0. The molecule has 0 amide bonds. The first-order valence-electron chi connectivity index (χ1n) is 44.9. The molecule has 2 unspecified atom stereocenters. The average molecular weight is 1540 g/mol. The van der Waals surface area contributed by atoms with Gasteiger partial charge in [-0.05, 0) is 320 Å². The highest BCUT2D eigenvalue weighted by atomic mass is 14.2. The Balaban J connectivity index is 0.000000177. The van der Waals surface area contributed by atoms with Crippen molar-refractivity contribution in [2.24, 2.45) is 0 Å². The van der Waals surface area contributed by atoms with Gasteiger partial charge in [-0.1, -0.05) is 391 Å². The Bertz CT molecular complexity index is 4680. The third-order valence-corrected chi connectivity index (χ3v) is 24.5. The Kier molecular flexibility index (Phi) is 34.1. The highest BCUT2D eigenvalue weighted by Gasteiger charge is 2.20. The van der Waals surface area contributed by atoms with Gasteiger partial charge in [-0.15, -0.1) is 0 Å². The molecule has 0 aliphatic rings. The van der Waals surface area contributed by atoms with Crippen molar-refractivity contribution in [2.45, 2.75) is 291 Å². The number of rotatable bonds is 28. The van der Waals surface area contributed by atoms with Gasteiger partial charge in [-0.25, -0.2) is 0 Å². The summed E-state index contributed by atoms with van der Waals surface area (Å²) in [5.74, 6) is 1.24. The minimum atomic E-state index is 0.181. The lowest BCUT2D eigenvalue weighted by Crippen LogP contribution is -2.10. The van der Waals surface area contributed by atoms with Gasteiger partial charge >= 0.3 is 0 Å². The van der Waals surface area contributed by atoms with Crippen LogP contribution < -0.4 is 0 Å². The molecule has 0 aliphatic carbocycles. The van der Waals surface area contributed by atoms with Crippen LogP contribution in [0.3, 0.4) is 0 Å². The van der Waals surface area contributed by atoms with Crippen molar-refractivity contribution in [3.63, 3.8) is 0 Å². The second-order valence-electron chi connectivity index (χ2n) is 36.1.